The Morgan fingerprint density at radius 2 is 1.94 bits per heavy atom. The van der Waals surface area contributed by atoms with Crippen molar-refractivity contribution in [3.63, 3.8) is 0 Å². The molecule has 0 unspecified atom stereocenters. The molecule has 2 aromatic carbocycles. The van der Waals surface area contributed by atoms with Crippen LogP contribution in [0.15, 0.2) is 81.5 Å². The number of benzene rings is 2. The van der Waals surface area contributed by atoms with Gasteiger partial charge in [-0.25, -0.2) is 14.5 Å². The first-order chi connectivity index (χ1) is 16.1. The van der Waals surface area contributed by atoms with Crippen LogP contribution in [0.3, 0.4) is 0 Å². The van der Waals surface area contributed by atoms with Gasteiger partial charge < -0.3 is 14.5 Å². The van der Waals surface area contributed by atoms with Crippen molar-refractivity contribution in [1.82, 2.24) is 20.0 Å². The zero-order valence-corrected chi connectivity index (χ0v) is 18.0. The molecule has 164 valence electrons. The van der Waals surface area contributed by atoms with Gasteiger partial charge in [-0.05, 0) is 12.1 Å². The molecule has 1 N–H and O–H groups in total. The van der Waals surface area contributed by atoms with Crippen molar-refractivity contribution in [2.45, 2.75) is 13.2 Å². The summed E-state index contributed by atoms with van der Waals surface area (Å²) in [6.45, 7) is 0.0626. The Morgan fingerprint density at radius 1 is 1.12 bits per heavy atom. The molecule has 0 aliphatic rings. The Labute approximate surface area is 191 Å². The number of hydrogen-bond donors (Lipinski definition) is 1. The van der Waals surface area contributed by atoms with E-state index in [1.807, 2.05) is 41.8 Å². The largest absolute Gasteiger partial charge is 0.486 e. The highest BCUT2D eigenvalue weighted by molar-refractivity contribution is 7.14. The third-order valence-electron chi connectivity index (χ3n) is 4.70. The summed E-state index contributed by atoms with van der Waals surface area (Å²) < 4.78 is 12.3. The van der Waals surface area contributed by atoms with Crippen LogP contribution >= 0.6 is 11.3 Å². The van der Waals surface area contributed by atoms with Gasteiger partial charge in [0.15, 0.2) is 5.13 Å². The van der Waals surface area contributed by atoms with Crippen molar-refractivity contribution in [3.8, 4) is 17.0 Å². The monoisotopic (exact) mass is 459 g/mol. The Bertz CT molecular complexity index is 1480. The second-order valence-electron chi connectivity index (χ2n) is 7.07. The zero-order chi connectivity index (χ0) is 22.6. The lowest BCUT2D eigenvalue weighted by Gasteiger charge is -2.06. The summed E-state index contributed by atoms with van der Waals surface area (Å²) in [5.74, 6) is 0.125. The number of amides is 1. The van der Waals surface area contributed by atoms with E-state index >= 15 is 0 Å². The summed E-state index contributed by atoms with van der Waals surface area (Å²) >= 11 is 1.35. The van der Waals surface area contributed by atoms with Crippen LogP contribution in [0.25, 0.3) is 22.2 Å². The molecule has 1 amide bonds. The number of rotatable bonds is 7. The Hall–Kier alpha value is -4.31. The number of nitrogens with zero attached hydrogens (tertiary/aromatic N) is 4. The van der Waals surface area contributed by atoms with Crippen molar-refractivity contribution in [3.05, 3.63) is 88.4 Å². The average Bonchev–Trinajstić information content (AvgIpc) is 3.47. The Morgan fingerprint density at radius 3 is 2.82 bits per heavy atom. The maximum Gasteiger partial charge on any atom is 0.339 e. The Balaban J connectivity index is 1.20. The van der Waals surface area contributed by atoms with E-state index < -0.39 is 5.63 Å². The standard InChI is InChI=1S/C23H17N5O4S/c29-21(25-23-24-18(14-33-23)15-6-2-1-3-7-15)12-28-11-16(26-27-28)13-31-20-10-22(30)32-19-9-5-4-8-17(19)20/h1-11,14H,12-13H2,(H,24,25,29). The van der Waals surface area contributed by atoms with E-state index in [-0.39, 0.29) is 19.1 Å². The van der Waals surface area contributed by atoms with Gasteiger partial charge in [0.1, 0.15) is 30.2 Å². The fourth-order valence-corrected chi connectivity index (χ4v) is 3.95. The first-order valence-electron chi connectivity index (χ1n) is 9.99. The Kier molecular flexibility index (Phi) is 5.64. The van der Waals surface area contributed by atoms with Crippen molar-refractivity contribution in [2.24, 2.45) is 0 Å². The molecule has 3 aromatic heterocycles. The van der Waals surface area contributed by atoms with E-state index in [2.05, 4.69) is 20.6 Å². The summed E-state index contributed by atoms with van der Waals surface area (Å²) in [6.07, 6.45) is 1.62. The van der Waals surface area contributed by atoms with Crippen LogP contribution in [0, 0.1) is 0 Å². The lowest BCUT2D eigenvalue weighted by atomic mass is 10.2. The number of carbonyl (C=O) groups is 1. The van der Waals surface area contributed by atoms with Gasteiger partial charge in [0.2, 0.25) is 5.91 Å². The van der Waals surface area contributed by atoms with E-state index in [4.69, 9.17) is 9.15 Å². The number of anilines is 1. The van der Waals surface area contributed by atoms with Gasteiger partial charge in [0.05, 0.1) is 23.3 Å². The molecular formula is C23H17N5O4S. The highest BCUT2D eigenvalue weighted by Crippen LogP contribution is 2.25. The van der Waals surface area contributed by atoms with Crippen LogP contribution in [0.4, 0.5) is 5.13 Å². The second-order valence-corrected chi connectivity index (χ2v) is 7.93. The van der Waals surface area contributed by atoms with Crippen LogP contribution < -0.4 is 15.7 Å². The van der Waals surface area contributed by atoms with E-state index in [1.165, 1.54) is 22.1 Å². The summed E-state index contributed by atoms with van der Waals surface area (Å²) in [4.78, 5) is 28.6. The third-order valence-corrected chi connectivity index (χ3v) is 5.46. The molecule has 0 aliphatic heterocycles. The molecule has 0 spiro atoms. The van der Waals surface area contributed by atoms with Crippen LogP contribution in [-0.2, 0) is 17.9 Å². The molecule has 0 fully saturated rings. The van der Waals surface area contributed by atoms with Crippen molar-refractivity contribution < 1.29 is 13.9 Å². The van der Waals surface area contributed by atoms with Gasteiger partial charge in [-0.3, -0.25) is 4.79 Å². The van der Waals surface area contributed by atoms with E-state index in [1.54, 1.807) is 24.4 Å². The molecule has 0 bridgehead atoms. The molecule has 0 atom stereocenters. The fraction of sp³-hybridized carbons (Fsp3) is 0.0870. The first kappa shape index (κ1) is 20.6. The summed E-state index contributed by atoms with van der Waals surface area (Å²) in [5.41, 5.74) is 2.25. The minimum atomic E-state index is -0.498. The molecule has 5 rings (SSSR count). The van der Waals surface area contributed by atoms with Gasteiger partial charge >= 0.3 is 5.63 Å². The van der Waals surface area contributed by atoms with Gasteiger partial charge in [0.25, 0.3) is 0 Å². The SMILES string of the molecule is O=C(Cn1cc(COc2cc(=O)oc3ccccc23)nn1)Nc1nc(-c2ccccc2)cs1. The van der Waals surface area contributed by atoms with Crippen molar-refractivity contribution in [2.75, 3.05) is 5.32 Å². The van der Waals surface area contributed by atoms with E-state index in [0.717, 1.165) is 11.3 Å². The molecule has 0 saturated heterocycles. The number of nitrogens with one attached hydrogen (secondary N) is 1. The van der Waals surface area contributed by atoms with E-state index in [0.29, 0.717) is 27.5 Å². The second kappa shape index (κ2) is 9.05. The minimum absolute atomic E-state index is 0.0227. The molecule has 0 radical (unpaired) electrons. The third kappa shape index (κ3) is 4.80. The summed E-state index contributed by atoms with van der Waals surface area (Å²) in [5, 5.41) is 13.9. The number of fused-ring (bicyclic) bond motifs is 1. The zero-order valence-electron chi connectivity index (χ0n) is 17.2. The van der Waals surface area contributed by atoms with E-state index in [9.17, 15) is 9.59 Å². The maximum absolute atomic E-state index is 12.4. The van der Waals surface area contributed by atoms with Crippen LogP contribution in [-0.4, -0.2) is 25.9 Å². The number of hydrogen-bond acceptors (Lipinski definition) is 8. The maximum atomic E-state index is 12.4. The lowest BCUT2D eigenvalue weighted by Crippen LogP contribution is -2.19. The number of ether oxygens (including phenoxy) is 1. The molecular weight excluding hydrogens is 442 g/mol. The van der Waals surface area contributed by atoms with Gasteiger partial charge in [-0.1, -0.05) is 47.7 Å². The number of aromatic nitrogens is 4. The quantitative estimate of drug-likeness (QED) is 0.369. The summed E-state index contributed by atoms with van der Waals surface area (Å²) in [6, 6.07) is 18.1. The first-order valence-corrected chi connectivity index (χ1v) is 10.9. The van der Waals surface area contributed by atoms with Gasteiger partial charge in [-0.15, -0.1) is 16.4 Å². The predicted molar refractivity (Wildman–Crippen MR) is 123 cm³/mol. The normalized spacial score (nSPS) is 10.9. The number of thiazole rings is 1. The average molecular weight is 459 g/mol. The van der Waals surface area contributed by atoms with Crippen LogP contribution in [0.2, 0.25) is 0 Å². The van der Waals surface area contributed by atoms with Gasteiger partial charge in [0, 0.05) is 10.9 Å². The smallest absolute Gasteiger partial charge is 0.339 e. The molecule has 3 heterocycles. The molecule has 33 heavy (non-hydrogen) atoms. The minimum Gasteiger partial charge on any atom is -0.486 e. The molecule has 0 aliphatic carbocycles. The number of carbonyl (C=O) groups excluding carboxylic acids is 1. The molecule has 10 heteroatoms. The number of para-hydroxylation sites is 1. The van der Waals surface area contributed by atoms with Crippen molar-refractivity contribution >= 4 is 33.3 Å². The van der Waals surface area contributed by atoms with Crippen LogP contribution in [0.1, 0.15) is 5.69 Å². The molecule has 9 nitrogen and oxygen atoms in total. The summed E-state index contributed by atoms with van der Waals surface area (Å²) in [7, 11) is 0. The van der Waals surface area contributed by atoms with Crippen molar-refractivity contribution in [1.29, 1.82) is 0 Å². The lowest BCUT2D eigenvalue weighted by molar-refractivity contribution is -0.116. The molecule has 5 aromatic rings. The fourth-order valence-electron chi connectivity index (χ4n) is 3.21. The molecule has 0 saturated carbocycles. The predicted octanol–water partition coefficient (Wildman–Crippen LogP) is 3.73. The van der Waals surface area contributed by atoms with Gasteiger partial charge in [-0.2, -0.15) is 0 Å². The highest BCUT2D eigenvalue weighted by Gasteiger charge is 2.11. The highest BCUT2D eigenvalue weighted by atomic mass is 32.1. The topological polar surface area (TPSA) is 112 Å². The van der Waals surface area contributed by atoms with Crippen LogP contribution in [0.5, 0.6) is 5.75 Å².